The van der Waals surface area contributed by atoms with Gasteiger partial charge in [-0.15, -0.1) is 0 Å². The molecule has 0 spiro atoms. The number of allylic oxidation sites excluding steroid dienone is 2. The number of nitro benzene ring substituents is 2. The minimum atomic E-state index is -0.883. The summed E-state index contributed by atoms with van der Waals surface area (Å²) in [5.74, 6) is 0. The summed E-state index contributed by atoms with van der Waals surface area (Å²) in [7, 11) is 0. The lowest BCUT2D eigenvalue weighted by atomic mass is 10.2. The second-order valence-electron chi connectivity index (χ2n) is 3.91. The Bertz CT molecular complexity index is 881. The molecule has 1 rings (SSSR count). The van der Waals surface area contributed by atoms with E-state index in [4.69, 9.17) is 21.5 Å². The molecule has 24 heavy (non-hydrogen) atoms. The van der Waals surface area contributed by atoms with E-state index in [0.717, 1.165) is 12.1 Å². The van der Waals surface area contributed by atoms with Crippen LogP contribution in [-0.4, -0.2) is 15.6 Å². The highest BCUT2D eigenvalue weighted by Gasteiger charge is 2.19. The van der Waals surface area contributed by atoms with E-state index in [1.807, 2.05) is 0 Å². The molecule has 0 aliphatic carbocycles. The third kappa shape index (κ3) is 3.78. The number of hydrazone groups is 1. The Labute approximate surface area is 133 Å². The predicted molar refractivity (Wildman–Crippen MR) is 78.9 cm³/mol. The topological polar surface area (TPSA) is 208 Å². The van der Waals surface area contributed by atoms with Crippen molar-refractivity contribution in [2.75, 3.05) is 5.43 Å². The molecular weight excluding hydrogens is 320 g/mol. The zero-order valence-corrected chi connectivity index (χ0v) is 11.6. The molecule has 12 nitrogen and oxygen atoms in total. The number of hydrogen-bond donors (Lipinski definition) is 2. The first-order valence-electron chi connectivity index (χ1n) is 5.82. The second kappa shape index (κ2) is 7.49. The van der Waals surface area contributed by atoms with Crippen LogP contribution < -0.4 is 11.2 Å². The number of nitro groups is 2. The summed E-state index contributed by atoms with van der Waals surface area (Å²) in [5, 5.41) is 51.4. The number of nitrogens with one attached hydrogen (secondary N) is 1. The minimum Gasteiger partial charge on any atom is -0.395 e. The summed E-state index contributed by atoms with van der Waals surface area (Å²) in [6.45, 7) is 0. The summed E-state index contributed by atoms with van der Waals surface area (Å²) >= 11 is 0. The van der Waals surface area contributed by atoms with Gasteiger partial charge in [0.15, 0.2) is 11.3 Å². The van der Waals surface area contributed by atoms with Crippen LogP contribution in [0.3, 0.4) is 0 Å². The Morgan fingerprint density at radius 1 is 1.12 bits per heavy atom. The van der Waals surface area contributed by atoms with Gasteiger partial charge >= 0.3 is 5.69 Å². The number of nitrogens with two attached hydrogens (primary N) is 1. The number of rotatable bonds is 5. The average molecular weight is 326 g/mol. The van der Waals surface area contributed by atoms with Crippen LogP contribution in [0.5, 0.6) is 0 Å². The van der Waals surface area contributed by atoms with Gasteiger partial charge < -0.3 is 5.73 Å². The van der Waals surface area contributed by atoms with Crippen molar-refractivity contribution in [1.82, 2.24) is 0 Å². The number of non-ortho nitro benzene ring substituents is 1. The van der Waals surface area contributed by atoms with E-state index >= 15 is 0 Å². The number of benzene rings is 1. The van der Waals surface area contributed by atoms with Crippen molar-refractivity contribution in [2.45, 2.75) is 0 Å². The first-order valence-corrected chi connectivity index (χ1v) is 5.82. The van der Waals surface area contributed by atoms with E-state index in [-0.39, 0.29) is 5.69 Å². The van der Waals surface area contributed by atoms with E-state index < -0.39 is 38.2 Å². The Morgan fingerprint density at radius 2 is 1.75 bits per heavy atom. The molecule has 0 saturated heterocycles. The van der Waals surface area contributed by atoms with Crippen molar-refractivity contribution in [2.24, 2.45) is 10.8 Å². The summed E-state index contributed by atoms with van der Waals surface area (Å²) in [4.78, 5) is 19.9. The lowest BCUT2D eigenvalue weighted by Crippen LogP contribution is -2.14. The molecule has 1 aromatic rings. The van der Waals surface area contributed by atoms with Crippen molar-refractivity contribution >= 4 is 22.8 Å². The van der Waals surface area contributed by atoms with Crippen LogP contribution >= 0.6 is 0 Å². The first-order chi connectivity index (χ1) is 11.3. The molecule has 0 aliphatic heterocycles. The van der Waals surface area contributed by atoms with Gasteiger partial charge in [-0.05, 0) is 6.07 Å². The van der Waals surface area contributed by atoms with Crippen LogP contribution in [0.4, 0.5) is 17.1 Å². The number of nitrogens with zero attached hydrogens (tertiary/aromatic N) is 6. The molecule has 0 heterocycles. The maximum absolute atomic E-state index is 11.0. The maximum Gasteiger partial charge on any atom is 0.301 e. The molecule has 0 radical (unpaired) electrons. The molecule has 1 aromatic carbocycles. The largest absolute Gasteiger partial charge is 0.395 e. The van der Waals surface area contributed by atoms with E-state index in [1.165, 1.54) is 18.2 Å². The summed E-state index contributed by atoms with van der Waals surface area (Å²) in [6, 6.07) is 7.17. The molecule has 12 heteroatoms. The number of nitriles is 3. The highest BCUT2D eigenvalue weighted by atomic mass is 16.6. The van der Waals surface area contributed by atoms with Crippen LogP contribution in [0.1, 0.15) is 0 Å². The van der Waals surface area contributed by atoms with Crippen LogP contribution in [-0.2, 0) is 0 Å². The smallest absolute Gasteiger partial charge is 0.301 e. The van der Waals surface area contributed by atoms with E-state index in [1.54, 1.807) is 0 Å². The van der Waals surface area contributed by atoms with Crippen LogP contribution in [0.2, 0.25) is 0 Å². The Kier molecular flexibility index (Phi) is 5.48. The van der Waals surface area contributed by atoms with E-state index in [9.17, 15) is 20.2 Å². The van der Waals surface area contributed by atoms with Crippen LogP contribution in [0, 0.1) is 54.2 Å². The monoisotopic (exact) mass is 326 g/mol. The van der Waals surface area contributed by atoms with Gasteiger partial charge in [-0.1, -0.05) is 0 Å². The third-order valence-corrected chi connectivity index (χ3v) is 2.53. The number of hydrogen-bond acceptors (Lipinski definition) is 10. The standard InChI is InChI=1S/C12H6N8O4/c13-4-7(5-14)12(16)10(6-15)18-17-9-2-1-8(19(21)22)3-11(9)20(23)24/h1-3,17H,16H2/b18-10-. The third-order valence-electron chi connectivity index (χ3n) is 2.53. The fourth-order valence-electron chi connectivity index (χ4n) is 1.40. The van der Waals surface area contributed by atoms with Crippen molar-refractivity contribution in [1.29, 1.82) is 15.8 Å². The zero-order chi connectivity index (χ0) is 18.3. The molecule has 0 saturated carbocycles. The summed E-state index contributed by atoms with van der Waals surface area (Å²) < 4.78 is 0. The van der Waals surface area contributed by atoms with Gasteiger partial charge in [-0.2, -0.15) is 20.9 Å². The predicted octanol–water partition coefficient (Wildman–Crippen LogP) is 1.05. The minimum absolute atomic E-state index is 0.249. The lowest BCUT2D eigenvalue weighted by Gasteiger charge is -2.03. The molecule has 0 fully saturated rings. The molecule has 0 atom stereocenters. The SMILES string of the molecule is N#CC(C#N)=C(N)/C(C#N)=N\Nc1ccc([N+](=O)[O-])cc1[N+](=O)[O-]. The van der Waals surface area contributed by atoms with Gasteiger partial charge in [0.1, 0.15) is 23.9 Å². The molecule has 118 valence electrons. The number of anilines is 1. The van der Waals surface area contributed by atoms with E-state index in [2.05, 4.69) is 10.5 Å². The molecular formula is C12H6N8O4. The highest BCUT2D eigenvalue weighted by molar-refractivity contribution is 6.12. The average Bonchev–Trinajstić information content (AvgIpc) is 2.56. The zero-order valence-electron chi connectivity index (χ0n) is 11.6. The fourth-order valence-corrected chi connectivity index (χ4v) is 1.40. The molecule has 0 aromatic heterocycles. The molecule has 0 amide bonds. The summed E-state index contributed by atoms with van der Waals surface area (Å²) in [5.41, 5.74) is 4.56. The fraction of sp³-hybridized carbons (Fsp3) is 0. The second-order valence-corrected chi connectivity index (χ2v) is 3.91. The van der Waals surface area contributed by atoms with Crippen LogP contribution in [0.15, 0.2) is 34.6 Å². The lowest BCUT2D eigenvalue weighted by molar-refractivity contribution is -0.393. The highest BCUT2D eigenvalue weighted by Crippen LogP contribution is 2.28. The van der Waals surface area contributed by atoms with Crippen molar-refractivity contribution in [3.8, 4) is 18.2 Å². The van der Waals surface area contributed by atoms with Gasteiger partial charge in [-0.25, -0.2) is 0 Å². The maximum atomic E-state index is 11.0. The van der Waals surface area contributed by atoms with Crippen molar-refractivity contribution in [3.05, 3.63) is 49.7 Å². The van der Waals surface area contributed by atoms with Gasteiger partial charge in [-0.3, -0.25) is 25.7 Å². The van der Waals surface area contributed by atoms with Crippen LogP contribution in [0.25, 0.3) is 0 Å². The molecule has 0 unspecified atom stereocenters. The van der Waals surface area contributed by atoms with Crippen molar-refractivity contribution in [3.63, 3.8) is 0 Å². The van der Waals surface area contributed by atoms with E-state index in [0.29, 0.717) is 6.07 Å². The normalized spacial score (nSPS) is 9.79. The molecule has 0 aliphatic rings. The Hall–Kier alpha value is -4.50. The van der Waals surface area contributed by atoms with Gasteiger partial charge in [0.25, 0.3) is 5.69 Å². The van der Waals surface area contributed by atoms with Gasteiger partial charge in [0.05, 0.1) is 21.6 Å². The first kappa shape index (κ1) is 17.6. The van der Waals surface area contributed by atoms with Gasteiger partial charge in [0, 0.05) is 6.07 Å². The molecule has 3 N–H and O–H groups in total. The quantitative estimate of drug-likeness (QED) is 0.342. The van der Waals surface area contributed by atoms with Gasteiger partial charge in [0.2, 0.25) is 0 Å². The molecule has 0 bridgehead atoms. The summed E-state index contributed by atoms with van der Waals surface area (Å²) in [6.07, 6.45) is 0. The Morgan fingerprint density at radius 3 is 2.21 bits per heavy atom. The van der Waals surface area contributed by atoms with Crippen molar-refractivity contribution < 1.29 is 9.85 Å². The Balaban J connectivity index is 3.31.